The molecule has 0 unspecified atom stereocenters. The van der Waals surface area contributed by atoms with Gasteiger partial charge in [-0.25, -0.2) is 0 Å². The van der Waals surface area contributed by atoms with E-state index >= 15 is 0 Å². The first kappa shape index (κ1) is 12.4. The number of nitrogens with zero attached hydrogens (tertiary/aromatic N) is 1. The second-order valence-electron chi connectivity index (χ2n) is 4.32. The Morgan fingerprint density at radius 2 is 2.13 bits per heavy atom. The van der Waals surface area contributed by atoms with Gasteiger partial charge in [0.1, 0.15) is 0 Å². The van der Waals surface area contributed by atoms with Crippen molar-refractivity contribution in [1.82, 2.24) is 4.90 Å². The summed E-state index contributed by atoms with van der Waals surface area (Å²) >= 11 is 0. The highest BCUT2D eigenvalue weighted by Gasteiger charge is 2.36. The molecule has 0 amide bonds. The van der Waals surface area contributed by atoms with Crippen molar-refractivity contribution in [2.24, 2.45) is 0 Å². The quantitative estimate of drug-likeness (QED) is 0.692. The average Bonchev–Trinajstić information content (AvgIpc) is 2.09. The van der Waals surface area contributed by atoms with E-state index in [9.17, 15) is 9.90 Å². The number of aliphatic carboxylic acids is 1. The second-order valence-corrected chi connectivity index (χ2v) is 4.32. The van der Waals surface area contributed by atoms with Crippen LogP contribution in [0.2, 0.25) is 0 Å². The molecule has 4 atom stereocenters. The van der Waals surface area contributed by atoms with Gasteiger partial charge in [-0.05, 0) is 27.4 Å². The molecule has 1 aliphatic rings. The summed E-state index contributed by atoms with van der Waals surface area (Å²) in [6, 6.07) is -0.0295. The molecule has 1 aliphatic heterocycles. The highest BCUT2D eigenvalue weighted by atomic mass is 16.5. The van der Waals surface area contributed by atoms with Gasteiger partial charge in [0.25, 0.3) is 0 Å². The summed E-state index contributed by atoms with van der Waals surface area (Å²) < 4.78 is 5.43. The normalized spacial score (nSPS) is 36.9. The lowest BCUT2D eigenvalue weighted by Gasteiger charge is -2.40. The predicted molar refractivity (Wildman–Crippen MR) is 54.7 cm³/mol. The monoisotopic (exact) mass is 217 g/mol. The van der Waals surface area contributed by atoms with Crippen LogP contribution in [0.5, 0.6) is 0 Å². The van der Waals surface area contributed by atoms with Crippen molar-refractivity contribution in [3.05, 3.63) is 0 Å². The molecular weight excluding hydrogens is 198 g/mol. The molecule has 5 heteroatoms. The van der Waals surface area contributed by atoms with E-state index < -0.39 is 12.1 Å². The summed E-state index contributed by atoms with van der Waals surface area (Å²) in [7, 11) is 3.76. The Morgan fingerprint density at radius 3 is 2.60 bits per heavy atom. The third kappa shape index (κ3) is 3.15. The number of hydrogen-bond donors (Lipinski definition) is 2. The van der Waals surface area contributed by atoms with Crippen LogP contribution in [0.15, 0.2) is 0 Å². The molecule has 1 fully saturated rings. The minimum absolute atomic E-state index is 0.00139. The molecule has 0 bridgehead atoms. The standard InChI is InChI=1S/C10H19NO4/c1-6-10(14)8(11(2)3)4-7(15-6)5-9(12)13/h6-8,10,14H,4-5H2,1-3H3,(H,12,13)/t6-,7-,8-,10-/m0/s1. The number of ether oxygens (including phenoxy) is 1. The third-order valence-corrected chi connectivity index (χ3v) is 2.85. The zero-order valence-corrected chi connectivity index (χ0v) is 9.38. The Kier molecular flexibility index (Phi) is 4.07. The molecule has 0 aromatic carbocycles. The summed E-state index contributed by atoms with van der Waals surface area (Å²) in [5.41, 5.74) is 0. The van der Waals surface area contributed by atoms with Crippen LogP contribution in [0.4, 0.5) is 0 Å². The Labute approximate surface area is 89.6 Å². The van der Waals surface area contributed by atoms with Crippen LogP contribution in [-0.2, 0) is 9.53 Å². The molecule has 5 nitrogen and oxygen atoms in total. The van der Waals surface area contributed by atoms with Crippen molar-refractivity contribution >= 4 is 5.97 Å². The maximum atomic E-state index is 10.6. The van der Waals surface area contributed by atoms with Gasteiger partial charge in [-0.3, -0.25) is 4.79 Å². The van der Waals surface area contributed by atoms with E-state index in [1.165, 1.54) is 0 Å². The molecule has 0 radical (unpaired) electrons. The van der Waals surface area contributed by atoms with Gasteiger partial charge in [-0.2, -0.15) is 0 Å². The topological polar surface area (TPSA) is 70.0 Å². The molecule has 2 N–H and O–H groups in total. The van der Waals surface area contributed by atoms with E-state index in [4.69, 9.17) is 9.84 Å². The summed E-state index contributed by atoms with van der Waals surface area (Å²) in [6.45, 7) is 1.77. The van der Waals surface area contributed by atoms with Gasteiger partial charge < -0.3 is 19.8 Å². The number of aliphatic hydroxyl groups excluding tert-OH is 1. The average molecular weight is 217 g/mol. The van der Waals surface area contributed by atoms with Crippen molar-refractivity contribution < 1.29 is 19.7 Å². The predicted octanol–water partition coefficient (Wildman–Crippen LogP) is -0.0704. The molecule has 0 aromatic rings. The maximum Gasteiger partial charge on any atom is 0.305 e. The van der Waals surface area contributed by atoms with Gasteiger partial charge in [-0.15, -0.1) is 0 Å². The second kappa shape index (κ2) is 4.92. The van der Waals surface area contributed by atoms with Crippen LogP contribution < -0.4 is 0 Å². The van der Waals surface area contributed by atoms with Crippen LogP contribution in [0.1, 0.15) is 19.8 Å². The van der Waals surface area contributed by atoms with Crippen LogP contribution in [-0.4, -0.2) is 59.5 Å². The molecule has 0 spiro atoms. The number of carbonyl (C=O) groups is 1. The van der Waals surface area contributed by atoms with Gasteiger partial charge in [0, 0.05) is 6.04 Å². The lowest BCUT2D eigenvalue weighted by molar-refractivity contribution is -0.158. The number of likely N-dealkylation sites (N-methyl/N-ethyl adjacent to an activating group) is 1. The lowest BCUT2D eigenvalue weighted by Crippen LogP contribution is -2.53. The van der Waals surface area contributed by atoms with E-state index in [1.807, 2.05) is 19.0 Å². The summed E-state index contributed by atoms with van der Waals surface area (Å²) in [4.78, 5) is 12.5. The minimum atomic E-state index is -0.860. The molecule has 1 rings (SSSR count). The highest BCUT2D eigenvalue weighted by Crippen LogP contribution is 2.24. The van der Waals surface area contributed by atoms with Crippen LogP contribution in [0, 0.1) is 0 Å². The van der Waals surface area contributed by atoms with E-state index in [0.29, 0.717) is 6.42 Å². The first-order valence-corrected chi connectivity index (χ1v) is 5.13. The zero-order valence-electron chi connectivity index (χ0n) is 9.38. The third-order valence-electron chi connectivity index (χ3n) is 2.85. The molecule has 1 saturated heterocycles. The van der Waals surface area contributed by atoms with E-state index in [2.05, 4.69) is 0 Å². The summed E-state index contributed by atoms with van der Waals surface area (Å²) in [5, 5.41) is 18.5. The van der Waals surface area contributed by atoms with Crippen molar-refractivity contribution in [3.8, 4) is 0 Å². The summed E-state index contributed by atoms with van der Waals surface area (Å²) in [6.07, 6.45) is -0.597. The van der Waals surface area contributed by atoms with E-state index in [-0.39, 0.29) is 24.7 Å². The van der Waals surface area contributed by atoms with Crippen molar-refractivity contribution in [3.63, 3.8) is 0 Å². The molecule has 88 valence electrons. The largest absolute Gasteiger partial charge is 0.481 e. The van der Waals surface area contributed by atoms with E-state index in [0.717, 1.165) is 0 Å². The fraction of sp³-hybridized carbons (Fsp3) is 0.900. The SMILES string of the molecule is C[C@@H]1O[C@H](CC(=O)O)C[C@H](N(C)C)[C@H]1O. The molecule has 15 heavy (non-hydrogen) atoms. The zero-order chi connectivity index (χ0) is 11.6. The Hall–Kier alpha value is -0.650. The van der Waals surface area contributed by atoms with Crippen molar-refractivity contribution in [2.45, 2.75) is 44.1 Å². The Balaban J connectivity index is 2.62. The minimum Gasteiger partial charge on any atom is -0.481 e. The Morgan fingerprint density at radius 1 is 1.53 bits per heavy atom. The first-order valence-electron chi connectivity index (χ1n) is 5.13. The smallest absolute Gasteiger partial charge is 0.305 e. The number of hydrogen-bond acceptors (Lipinski definition) is 4. The van der Waals surface area contributed by atoms with Gasteiger partial charge in [-0.1, -0.05) is 0 Å². The summed E-state index contributed by atoms with van der Waals surface area (Å²) in [5.74, 6) is -0.860. The van der Waals surface area contributed by atoms with Gasteiger partial charge in [0.2, 0.25) is 0 Å². The molecule has 1 heterocycles. The molecule has 0 aliphatic carbocycles. The van der Waals surface area contributed by atoms with Gasteiger partial charge >= 0.3 is 5.97 Å². The van der Waals surface area contributed by atoms with Crippen LogP contribution in [0.25, 0.3) is 0 Å². The first-order chi connectivity index (χ1) is 6.91. The molecule has 0 aromatic heterocycles. The lowest BCUT2D eigenvalue weighted by atomic mass is 9.94. The number of carboxylic acid groups (broad SMARTS) is 1. The van der Waals surface area contributed by atoms with Crippen LogP contribution in [0.3, 0.4) is 0 Å². The Bertz CT molecular complexity index is 231. The van der Waals surface area contributed by atoms with Gasteiger partial charge in [0.05, 0.1) is 24.7 Å². The van der Waals surface area contributed by atoms with Gasteiger partial charge in [0.15, 0.2) is 0 Å². The fourth-order valence-electron chi connectivity index (χ4n) is 2.00. The molecule has 0 saturated carbocycles. The van der Waals surface area contributed by atoms with Crippen molar-refractivity contribution in [2.75, 3.05) is 14.1 Å². The molecular formula is C10H19NO4. The number of rotatable bonds is 3. The highest BCUT2D eigenvalue weighted by molar-refractivity contribution is 5.67. The number of aliphatic hydroxyl groups is 1. The number of carboxylic acids is 1. The van der Waals surface area contributed by atoms with Crippen molar-refractivity contribution in [1.29, 1.82) is 0 Å². The van der Waals surface area contributed by atoms with Crippen LogP contribution >= 0.6 is 0 Å². The maximum absolute atomic E-state index is 10.6. The fourth-order valence-corrected chi connectivity index (χ4v) is 2.00. The van der Waals surface area contributed by atoms with E-state index in [1.54, 1.807) is 6.92 Å².